The number of carbonyl (C=O) groups is 2. The van der Waals surface area contributed by atoms with Crippen LogP contribution >= 0.6 is 0 Å². The first-order valence-electron chi connectivity index (χ1n) is 7.72. The van der Waals surface area contributed by atoms with Crippen LogP contribution in [-0.2, 0) is 9.59 Å². The van der Waals surface area contributed by atoms with Gasteiger partial charge in [0, 0.05) is 0 Å². The third-order valence-electron chi connectivity index (χ3n) is 3.70. The van der Waals surface area contributed by atoms with Crippen LogP contribution in [0.25, 0.3) is 6.08 Å². The molecule has 1 aromatic carbocycles. The Labute approximate surface area is 154 Å². The third-order valence-corrected chi connectivity index (χ3v) is 3.70. The van der Waals surface area contributed by atoms with Crippen LogP contribution in [-0.4, -0.2) is 87.4 Å². The van der Waals surface area contributed by atoms with Gasteiger partial charge in [-0.1, -0.05) is 6.08 Å². The first-order valence-corrected chi connectivity index (χ1v) is 7.72. The molecule has 0 fully saturated rings. The molecule has 0 saturated heterocycles. The van der Waals surface area contributed by atoms with Crippen LogP contribution in [0.2, 0.25) is 0 Å². The van der Waals surface area contributed by atoms with Gasteiger partial charge >= 0.3 is 0 Å². The van der Waals surface area contributed by atoms with E-state index in [9.17, 15) is 35.1 Å². The first-order chi connectivity index (χ1) is 12.7. The number of ether oxygens (including phenoxy) is 2. The summed E-state index contributed by atoms with van der Waals surface area (Å²) in [5.74, 6) is -2.76. The summed E-state index contributed by atoms with van der Waals surface area (Å²) >= 11 is 0. The Kier molecular flexibility index (Phi) is 8.34. The van der Waals surface area contributed by atoms with Crippen molar-refractivity contribution in [3.05, 3.63) is 23.8 Å². The lowest BCUT2D eigenvalue weighted by atomic mass is 9.98. The van der Waals surface area contributed by atoms with E-state index >= 15 is 0 Å². The second-order valence-corrected chi connectivity index (χ2v) is 5.51. The quantitative estimate of drug-likeness (QED) is 0.195. The Balaban J connectivity index is 2.93. The summed E-state index contributed by atoms with van der Waals surface area (Å²) in [4.78, 5) is 23.8. The topological polar surface area (TPSA) is 174 Å². The van der Waals surface area contributed by atoms with Gasteiger partial charge in [-0.05, 0) is 23.8 Å². The summed E-state index contributed by atoms with van der Waals surface area (Å²) in [7, 11) is 2.61. The van der Waals surface area contributed by atoms with E-state index in [-0.39, 0.29) is 17.2 Å². The molecule has 6 N–H and O–H groups in total. The lowest BCUT2D eigenvalue weighted by Gasteiger charge is -2.24. The minimum atomic E-state index is -2.30. The van der Waals surface area contributed by atoms with Crippen molar-refractivity contribution in [3.8, 4) is 17.2 Å². The molecular weight excluding hydrogens is 364 g/mol. The normalized spacial score (nSPS) is 15.8. The van der Waals surface area contributed by atoms with Gasteiger partial charge in [-0.15, -0.1) is 0 Å². The fraction of sp³-hybridized carbons (Fsp3) is 0.412. The van der Waals surface area contributed by atoms with Crippen LogP contribution in [0.1, 0.15) is 5.56 Å². The second kappa shape index (κ2) is 10.00. The van der Waals surface area contributed by atoms with Crippen LogP contribution in [0.4, 0.5) is 0 Å². The summed E-state index contributed by atoms with van der Waals surface area (Å²) in [5.41, 5.74) is 0.327. The van der Waals surface area contributed by atoms with E-state index in [2.05, 4.69) is 0 Å². The molecule has 1 aromatic rings. The van der Waals surface area contributed by atoms with E-state index in [1.165, 1.54) is 32.4 Å². The Hall–Kier alpha value is -2.50. The molecule has 0 radical (unpaired) electrons. The number of aliphatic hydroxyl groups excluding tert-OH is 5. The fourth-order valence-electron chi connectivity index (χ4n) is 2.09. The summed E-state index contributed by atoms with van der Waals surface area (Å²) < 4.78 is 9.90. The fourth-order valence-corrected chi connectivity index (χ4v) is 2.09. The number of aliphatic hydroxyl groups is 5. The SMILES string of the molecule is COc1cc(/C=C/C(=O)C(=O)[C@H](O)[C@@H](O)[C@H](O)[C@H](O)CO)cc(OC)c1O. The standard InChI is InChI=1S/C17H22O10/c1-26-11-5-8(6-12(27-2)15(11)23)3-4-9(19)13(21)16(24)17(25)14(22)10(20)7-18/h3-6,10,14,16-18,20,22-25H,7H2,1-2H3/b4-3+/t10-,14-,16+,17+/m1/s1. The van der Waals surface area contributed by atoms with Crippen LogP contribution < -0.4 is 9.47 Å². The van der Waals surface area contributed by atoms with E-state index < -0.39 is 42.6 Å². The maximum Gasteiger partial charge on any atom is 0.233 e. The molecule has 0 bridgehead atoms. The zero-order valence-corrected chi connectivity index (χ0v) is 14.6. The molecule has 0 heterocycles. The van der Waals surface area contributed by atoms with Crippen molar-refractivity contribution in [2.75, 3.05) is 20.8 Å². The number of allylic oxidation sites excluding steroid dienone is 1. The largest absolute Gasteiger partial charge is 0.502 e. The lowest BCUT2D eigenvalue weighted by molar-refractivity contribution is -0.152. The predicted octanol–water partition coefficient (Wildman–Crippen LogP) is -2.00. The highest BCUT2D eigenvalue weighted by Crippen LogP contribution is 2.37. The minimum absolute atomic E-state index is 0.0596. The Morgan fingerprint density at radius 2 is 1.56 bits per heavy atom. The zero-order valence-electron chi connectivity index (χ0n) is 14.6. The number of methoxy groups -OCH3 is 2. The van der Waals surface area contributed by atoms with Gasteiger partial charge in [-0.25, -0.2) is 0 Å². The van der Waals surface area contributed by atoms with Gasteiger partial charge in [0.25, 0.3) is 0 Å². The number of hydrogen-bond donors (Lipinski definition) is 6. The minimum Gasteiger partial charge on any atom is -0.502 e. The van der Waals surface area contributed by atoms with Crippen molar-refractivity contribution >= 4 is 17.6 Å². The third kappa shape index (κ3) is 5.49. The van der Waals surface area contributed by atoms with Crippen LogP contribution in [0.15, 0.2) is 18.2 Å². The van der Waals surface area contributed by atoms with Crippen molar-refractivity contribution in [1.82, 2.24) is 0 Å². The summed E-state index contributed by atoms with van der Waals surface area (Å²) in [6.07, 6.45) is -6.32. The van der Waals surface area contributed by atoms with Gasteiger partial charge in [0.15, 0.2) is 11.5 Å². The van der Waals surface area contributed by atoms with Crippen LogP contribution in [0.3, 0.4) is 0 Å². The highest BCUT2D eigenvalue weighted by molar-refractivity contribution is 6.43. The zero-order chi connectivity index (χ0) is 20.7. The molecular formula is C17H22O10. The molecule has 1 rings (SSSR count). The molecule has 27 heavy (non-hydrogen) atoms. The number of hydrogen-bond acceptors (Lipinski definition) is 10. The monoisotopic (exact) mass is 386 g/mol. The number of phenols is 1. The van der Waals surface area contributed by atoms with Crippen LogP contribution in [0.5, 0.6) is 17.2 Å². The molecule has 0 aliphatic carbocycles. The molecule has 0 saturated carbocycles. The second-order valence-electron chi connectivity index (χ2n) is 5.51. The molecule has 0 unspecified atom stereocenters. The van der Waals surface area contributed by atoms with Gasteiger partial charge in [-0.3, -0.25) is 9.59 Å². The molecule has 0 aromatic heterocycles. The predicted molar refractivity (Wildman–Crippen MR) is 91.4 cm³/mol. The highest BCUT2D eigenvalue weighted by Gasteiger charge is 2.36. The Morgan fingerprint density at radius 3 is 2.00 bits per heavy atom. The Bertz CT molecular complexity index is 674. The van der Waals surface area contributed by atoms with E-state index in [0.29, 0.717) is 5.56 Å². The van der Waals surface area contributed by atoms with Gasteiger partial charge in [0.05, 0.1) is 20.8 Å². The van der Waals surface area contributed by atoms with E-state index in [1.54, 1.807) is 0 Å². The number of benzene rings is 1. The molecule has 0 aliphatic heterocycles. The maximum atomic E-state index is 11.9. The van der Waals surface area contributed by atoms with E-state index in [0.717, 1.165) is 6.08 Å². The molecule has 10 heteroatoms. The van der Waals surface area contributed by atoms with Crippen molar-refractivity contribution in [2.24, 2.45) is 0 Å². The molecule has 150 valence electrons. The van der Waals surface area contributed by atoms with Crippen molar-refractivity contribution in [2.45, 2.75) is 24.4 Å². The summed E-state index contributed by atoms with van der Waals surface area (Å²) in [6, 6.07) is 2.72. The highest BCUT2D eigenvalue weighted by atomic mass is 16.5. The first kappa shape index (κ1) is 22.5. The number of phenolic OH excluding ortho intramolecular Hbond substituents is 1. The van der Waals surface area contributed by atoms with E-state index in [1.807, 2.05) is 0 Å². The maximum absolute atomic E-state index is 11.9. The van der Waals surface area contributed by atoms with Gasteiger partial charge in [0.1, 0.15) is 24.4 Å². The average molecular weight is 386 g/mol. The summed E-state index contributed by atoms with van der Waals surface area (Å²) in [5, 5.41) is 56.5. The number of Topliss-reactive ketones (excluding diaryl/α,β-unsaturated/α-hetero) is 1. The molecule has 4 atom stereocenters. The molecule has 0 aliphatic rings. The van der Waals surface area contributed by atoms with Gasteiger partial charge in [0.2, 0.25) is 17.3 Å². The van der Waals surface area contributed by atoms with Crippen molar-refractivity contribution in [1.29, 1.82) is 0 Å². The average Bonchev–Trinajstić information content (AvgIpc) is 2.69. The molecule has 10 nitrogen and oxygen atoms in total. The summed E-state index contributed by atoms with van der Waals surface area (Å²) in [6.45, 7) is -0.919. The smallest absolute Gasteiger partial charge is 0.233 e. The van der Waals surface area contributed by atoms with E-state index in [4.69, 9.17) is 14.6 Å². The van der Waals surface area contributed by atoms with Gasteiger partial charge < -0.3 is 40.1 Å². The van der Waals surface area contributed by atoms with Gasteiger partial charge in [-0.2, -0.15) is 0 Å². The van der Waals surface area contributed by atoms with Crippen LogP contribution in [0, 0.1) is 0 Å². The number of carbonyl (C=O) groups excluding carboxylic acids is 2. The molecule has 0 spiro atoms. The molecule has 0 amide bonds. The van der Waals surface area contributed by atoms with Crippen molar-refractivity contribution < 1.29 is 49.7 Å². The lowest BCUT2D eigenvalue weighted by Crippen LogP contribution is -2.49. The Morgan fingerprint density at radius 1 is 1.04 bits per heavy atom. The number of ketones is 2. The number of aromatic hydroxyl groups is 1. The van der Waals surface area contributed by atoms with Crippen molar-refractivity contribution in [3.63, 3.8) is 0 Å². The number of rotatable bonds is 10.